The van der Waals surface area contributed by atoms with Crippen LogP contribution < -0.4 is 0 Å². The molecule has 10 aromatic rings. The van der Waals surface area contributed by atoms with Crippen LogP contribution in [0.5, 0.6) is 0 Å². The Bertz CT molecular complexity index is 2970. The fourth-order valence-corrected chi connectivity index (χ4v) is 8.69. The van der Waals surface area contributed by atoms with Gasteiger partial charge in [0.25, 0.3) is 0 Å². The van der Waals surface area contributed by atoms with E-state index in [1.807, 2.05) is 18.2 Å². The van der Waals surface area contributed by atoms with Gasteiger partial charge in [-0.1, -0.05) is 158 Å². The van der Waals surface area contributed by atoms with Gasteiger partial charge in [0.15, 0.2) is 5.82 Å². The predicted octanol–water partition coefficient (Wildman–Crippen LogP) is 12.4. The van der Waals surface area contributed by atoms with Crippen molar-refractivity contribution in [3.63, 3.8) is 0 Å². The minimum atomic E-state index is -0.545. The number of benzene rings is 8. The molecule has 0 radical (unpaired) electrons. The minimum Gasteiger partial charge on any atom is -0.456 e. The van der Waals surface area contributed by atoms with E-state index in [1.165, 1.54) is 38.8 Å². The van der Waals surface area contributed by atoms with Crippen molar-refractivity contribution in [3.05, 3.63) is 204 Å². The highest BCUT2D eigenvalue weighted by atomic mass is 16.3. The van der Waals surface area contributed by atoms with Crippen LogP contribution in [-0.2, 0) is 5.41 Å². The molecule has 3 heteroatoms. The van der Waals surface area contributed by atoms with Gasteiger partial charge in [0.05, 0.1) is 16.6 Å². The third-order valence-corrected chi connectivity index (χ3v) is 11.0. The summed E-state index contributed by atoms with van der Waals surface area (Å²) in [6, 6.07) is 65.0. The van der Waals surface area contributed by atoms with Crippen molar-refractivity contribution in [1.29, 1.82) is 0 Å². The van der Waals surface area contributed by atoms with E-state index in [-0.39, 0.29) is 0 Å². The standard InChI is InChI=1S/C49H30N2O/c1-2-13-32(14-3-1)47-46-36-15-5-4-12-31(36)24-28-43(46)50-48(51-47)33-22-25-34(26-23-33)49(41-19-9-6-16-37(41)38-17-7-10-20-42(38)49)35-27-29-45-40(30-35)39-18-8-11-21-44(39)52-45/h1-30H. The molecule has 0 saturated heterocycles. The second kappa shape index (κ2) is 11.1. The minimum absolute atomic E-state index is 0.545. The molecular weight excluding hydrogens is 633 g/mol. The Morgan fingerprint density at radius 1 is 0.423 bits per heavy atom. The number of hydrogen-bond donors (Lipinski definition) is 0. The highest BCUT2D eigenvalue weighted by Gasteiger charge is 2.46. The molecule has 8 aromatic carbocycles. The van der Waals surface area contributed by atoms with Gasteiger partial charge in [-0.15, -0.1) is 0 Å². The summed E-state index contributed by atoms with van der Waals surface area (Å²) < 4.78 is 6.29. The summed E-state index contributed by atoms with van der Waals surface area (Å²) in [5.74, 6) is 0.709. The van der Waals surface area contributed by atoms with E-state index in [0.717, 1.165) is 55.0 Å². The number of para-hydroxylation sites is 1. The zero-order valence-electron chi connectivity index (χ0n) is 28.1. The maximum Gasteiger partial charge on any atom is 0.160 e. The summed E-state index contributed by atoms with van der Waals surface area (Å²) in [7, 11) is 0. The molecule has 2 aromatic heterocycles. The topological polar surface area (TPSA) is 38.9 Å². The number of nitrogens with zero attached hydrogens (tertiary/aromatic N) is 2. The first-order chi connectivity index (χ1) is 25.8. The van der Waals surface area contributed by atoms with E-state index in [2.05, 4.69) is 164 Å². The van der Waals surface area contributed by atoms with Crippen LogP contribution in [0.1, 0.15) is 22.3 Å². The van der Waals surface area contributed by atoms with Crippen LogP contribution in [0.4, 0.5) is 0 Å². The molecule has 0 spiro atoms. The summed E-state index contributed by atoms with van der Waals surface area (Å²) >= 11 is 0. The van der Waals surface area contributed by atoms with E-state index in [1.54, 1.807) is 0 Å². The Morgan fingerprint density at radius 3 is 1.85 bits per heavy atom. The van der Waals surface area contributed by atoms with Crippen LogP contribution >= 0.6 is 0 Å². The third-order valence-electron chi connectivity index (χ3n) is 11.0. The average Bonchev–Trinajstić information content (AvgIpc) is 3.74. The second-order valence-electron chi connectivity index (χ2n) is 13.7. The van der Waals surface area contributed by atoms with Crippen LogP contribution in [0.2, 0.25) is 0 Å². The lowest BCUT2D eigenvalue weighted by Gasteiger charge is -2.34. The molecule has 2 heterocycles. The van der Waals surface area contributed by atoms with E-state index in [0.29, 0.717) is 5.82 Å². The summed E-state index contributed by atoms with van der Waals surface area (Å²) in [6.45, 7) is 0. The second-order valence-corrected chi connectivity index (χ2v) is 13.7. The quantitative estimate of drug-likeness (QED) is 0.176. The zero-order valence-corrected chi connectivity index (χ0v) is 28.1. The van der Waals surface area contributed by atoms with Crippen molar-refractivity contribution < 1.29 is 4.42 Å². The monoisotopic (exact) mass is 662 g/mol. The smallest absolute Gasteiger partial charge is 0.160 e. The molecule has 3 nitrogen and oxygen atoms in total. The number of furan rings is 1. The fraction of sp³-hybridized carbons (Fsp3) is 0.0204. The third kappa shape index (κ3) is 4.08. The van der Waals surface area contributed by atoms with Crippen molar-refractivity contribution in [2.24, 2.45) is 0 Å². The van der Waals surface area contributed by atoms with E-state index < -0.39 is 5.41 Å². The van der Waals surface area contributed by atoms with Crippen LogP contribution in [0.25, 0.3) is 77.4 Å². The number of hydrogen-bond acceptors (Lipinski definition) is 3. The summed E-state index contributed by atoms with van der Waals surface area (Å²) in [6.07, 6.45) is 0. The van der Waals surface area contributed by atoms with E-state index in [4.69, 9.17) is 14.4 Å². The van der Waals surface area contributed by atoms with Gasteiger partial charge < -0.3 is 4.42 Å². The van der Waals surface area contributed by atoms with Crippen LogP contribution in [0.3, 0.4) is 0 Å². The van der Waals surface area contributed by atoms with Gasteiger partial charge in [-0.25, -0.2) is 9.97 Å². The molecule has 0 saturated carbocycles. The first-order valence-electron chi connectivity index (χ1n) is 17.7. The maximum absolute atomic E-state index is 6.29. The molecule has 1 aliphatic rings. The molecule has 0 bridgehead atoms. The van der Waals surface area contributed by atoms with Crippen molar-refractivity contribution >= 4 is 43.6 Å². The summed E-state index contributed by atoms with van der Waals surface area (Å²) in [5.41, 5.74) is 12.6. The summed E-state index contributed by atoms with van der Waals surface area (Å²) in [5, 5.41) is 5.65. The van der Waals surface area contributed by atoms with Crippen LogP contribution in [0.15, 0.2) is 186 Å². The Morgan fingerprint density at radius 2 is 1.06 bits per heavy atom. The van der Waals surface area contributed by atoms with Gasteiger partial charge in [0, 0.05) is 27.3 Å². The van der Waals surface area contributed by atoms with E-state index in [9.17, 15) is 0 Å². The first-order valence-corrected chi connectivity index (χ1v) is 17.7. The van der Waals surface area contributed by atoms with Crippen LogP contribution in [-0.4, -0.2) is 9.97 Å². The molecule has 0 atom stereocenters. The Hall–Kier alpha value is -6.84. The van der Waals surface area contributed by atoms with Crippen molar-refractivity contribution in [1.82, 2.24) is 9.97 Å². The lowest BCUT2D eigenvalue weighted by Crippen LogP contribution is -2.28. The molecule has 11 rings (SSSR count). The van der Waals surface area contributed by atoms with Crippen molar-refractivity contribution in [2.45, 2.75) is 5.41 Å². The molecule has 52 heavy (non-hydrogen) atoms. The molecule has 1 aliphatic carbocycles. The number of rotatable bonds is 4. The highest BCUT2D eigenvalue weighted by molar-refractivity contribution is 6.12. The lowest BCUT2D eigenvalue weighted by atomic mass is 9.67. The van der Waals surface area contributed by atoms with Gasteiger partial charge in [-0.2, -0.15) is 0 Å². The number of aromatic nitrogens is 2. The fourth-order valence-electron chi connectivity index (χ4n) is 8.69. The van der Waals surface area contributed by atoms with Gasteiger partial charge in [0.1, 0.15) is 11.2 Å². The van der Waals surface area contributed by atoms with Gasteiger partial charge >= 0.3 is 0 Å². The van der Waals surface area contributed by atoms with Crippen molar-refractivity contribution in [3.8, 4) is 33.8 Å². The van der Waals surface area contributed by atoms with Crippen molar-refractivity contribution in [2.75, 3.05) is 0 Å². The van der Waals surface area contributed by atoms with Gasteiger partial charge in [-0.3, -0.25) is 0 Å². The largest absolute Gasteiger partial charge is 0.456 e. The molecule has 242 valence electrons. The maximum atomic E-state index is 6.29. The lowest BCUT2D eigenvalue weighted by molar-refractivity contribution is 0.668. The van der Waals surface area contributed by atoms with E-state index >= 15 is 0 Å². The molecule has 0 unspecified atom stereocenters. The van der Waals surface area contributed by atoms with Crippen LogP contribution in [0, 0.1) is 0 Å². The Kier molecular flexibility index (Phi) is 6.17. The first kappa shape index (κ1) is 28.9. The molecule has 0 amide bonds. The predicted molar refractivity (Wildman–Crippen MR) is 212 cm³/mol. The zero-order chi connectivity index (χ0) is 34.2. The Labute approximate surface area is 300 Å². The molecular formula is C49H30N2O. The summed E-state index contributed by atoms with van der Waals surface area (Å²) in [4.78, 5) is 10.5. The van der Waals surface area contributed by atoms with Gasteiger partial charge in [-0.05, 0) is 68.4 Å². The highest BCUT2D eigenvalue weighted by Crippen LogP contribution is 2.56. The SMILES string of the molecule is c1ccc(-c2nc(-c3ccc(C4(c5ccc6oc7ccccc7c6c5)c5ccccc5-c5ccccc54)cc3)nc3ccc4ccccc4c23)cc1. The molecule has 0 aliphatic heterocycles. The number of fused-ring (bicyclic) bond motifs is 9. The molecule has 0 N–H and O–H groups in total. The molecule has 0 fully saturated rings. The average molecular weight is 663 g/mol. The Balaban J connectivity index is 1.14. The van der Waals surface area contributed by atoms with Gasteiger partial charge in [0.2, 0.25) is 0 Å². The normalized spacial score (nSPS) is 13.2.